The van der Waals surface area contributed by atoms with Gasteiger partial charge in [0.1, 0.15) is 22.4 Å². The van der Waals surface area contributed by atoms with E-state index >= 15 is 0 Å². The van der Waals surface area contributed by atoms with Gasteiger partial charge in [-0.2, -0.15) is 0 Å². The van der Waals surface area contributed by atoms with E-state index in [4.69, 9.17) is 22.2 Å². The van der Waals surface area contributed by atoms with Crippen molar-refractivity contribution in [1.29, 1.82) is 0 Å². The Kier molecular flexibility index (Phi) is 4.64. The van der Waals surface area contributed by atoms with Crippen molar-refractivity contribution >= 4 is 44.9 Å². The number of aryl methyl sites for hydroxylation is 1. The number of benzene rings is 1. The highest BCUT2D eigenvalue weighted by Gasteiger charge is 2.12. The Labute approximate surface area is 129 Å². The molecule has 0 aliphatic carbocycles. The monoisotopic (exact) mass is 357 g/mol. The van der Waals surface area contributed by atoms with Crippen molar-refractivity contribution < 1.29 is 4.74 Å². The summed E-state index contributed by atoms with van der Waals surface area (Å²) in [7, 11) is 1.58. The van der Waals surface area contributed by atoms with Gasteiger partial charge in [0.15, 0.2) is 5.82 Å². The van der Waals surface area contributed by atoms with E-state index in [-0.39, 0.29) is 0 Å². The van der Waals surface area contributed by atoms with Gasteiger partial charge in [-0.05, 0) is 34.5 Å². The number of hydrogen-bond acceptors (Lipinski definition) is 6. The van der Waals surface area contributed by atoms with Crippen LogP contribution in [0.2, 0.25) is 5.02 Å². The van der Waals surface area contributed by atoms with E-state index in [2.05, 4.69) is 36.6 Å². The molecule has 0 spiro atoms. The van der Waals surface area contributed by atoms with Crippen molar-refractivity contribution in [2.24, 2.45) is 5.84 Å². The lowest BCUT2D eigenvalue weighted by Crippen LogP contribution is -2.10. The summed E-state index contributed by atoms with van der Waals surface area (Å²) < 4.78 is 5.93. The van der Waals surface area contributed by atoms with E-state index in [0.717, 1.165) is 11.3 Å². The Bertz CT molecular complexity index is 637. The van der Waals surface area contributed by atoms with Crippen LogP contribution < -0.4 is 21.3 Å². The van der Waals surface area contributed by atoms with Crippen LogP contribution >= 0.6 is 27.5 Å². The minimum atomic E-state index is 0.479. The molecule has 0 aliphatic heterocycles. The maximum absolute atomic E-state index is 6.08. The number of aromatic nitrogens is 2. The number of nitrogens with two attached hydrogens (primary N) is 1. The van der Waals surface area contributed by atoms with Crippen LogP contribution in [0.4, 0.5) is 17.3 Å². The first-order valence-electron chi connectivity index (χ1n) is 5.65. The molecule has 0 bridgehead atoms. The second kappa shape index (κ2) is 6.25. The molecule has 0 fully saturated rings. The van der Waals surface area contributed by atoms with Gasteiger partial charge in [-0.1, -0.05) is 11.6 Å². The average molecular weight is 359 g/mol. The molecule has 0 unspecified atom stereocenters. The lowest BCUT2D eigenvalue weighted by atomic mass is 10.2. The molecular formula is C12H13BrClN5O. The summed E-state index contributed by atoms with van der Waals surface area (Å²) in [6, 6.07) is 3.63. The van der Waals surface area contributed by atoms with Crippen molar-refractivity contribution in [3.8, 4) is 5.75 Å². The summed E-state index contributed by atoms with van der Waals surface area (Å²) in [6.07, 6.45) is 1.40. The molecule has 20 heavy (non-hydrogen) atoms. The van der Waals surface area contributed by atoms with Crippen LogP contribution in [0.25, 0.3) is 0 Å². The number of hydrazine groups is 1. The molecule has 1 heterocycles. The third kappa shape index (κ3) is 2.95. The Morgan fingerprint density at radius 2 is 2.00 bits per heavy atom. The molecular weight excluding hydrogens is 346 g/mol. The van der Waals surface area contributed by atoms with Crippen LogP contribution in [0.1, 0.15) is 5.56 Å². The van der Waals surface area contributed by atoms with Gasteiger partial charge in [0, 0.05) is 11.1 Å². The summed E-state index contributed by atoms with van der Waals surface area (Å²) >= 11 is 9.46. The van der Waals surface area contributed by atoms with Gasteiger partial charge < -0.3 is 15.5 Å². The minimum absolute atomic E-state index is 0.479. The summed E-state index contributed by atoms with van der Waals surface area (Å²) in [5.74, 6) is 7.03. The molecule has 0 atom stereocenters. The summed E-state index contributed by atoms with van der Waals surface area (Å²) in [4.78, 5) is 8.14. The number of anilines is 3. The first-order valence-corrected chi connectivity index (χ1v) is 6.82. The highest BCUT2D eigenvalue weighted by Crippen LogP contribution is 2.35. The van der Waals surface area contributed by atoms with Gasteiger partial charge in [0.25, 0.3) is 0 Å². The minimum Gasteiger partial charge on any atom is -0.495 e. The van der Waals surface area contributed by atoms with Gasteiger partial charge >= 0.3 is 0 Å². The number of methoxy groups -OCH3 is 1. The quantitative estimate of drug-likeness (QED) is 0.575. The van der Waals surface area contributed by atoms with Crippen LogP contribution in [-0.2, 0) is 0 Å². The molecule has 0 radical (unpaired) electrons. The molecule has 1 aromatic carbocycles. The Morgan fingerprint density at radius 3 is 2.65 bits per heavy atom. The Hall–Kier alpha value is -1.57. The fourth-order valence-electron chi connectivity index (χ4n) is 1.62. The number of hydrogen-bond donors (Lipinski definition) is 3. The van der Waals surface area contributed by atoms with Gasteiger partial charge in [-0.25, -0.2) is 15.8 Å². The zero-order valence-electron chi connectivity index (χ0n) is 10.9. The first-order chi connectivity index (χ1) is 9.56. The Balaban J connectivity index is 2.42. The highest BCUT2D eigenvalue weighted by atomic mass is 79.9. The third-order valence-corrected chi connectivity index (χ3v) is 3.82. The molecule has 8 heteroatoms. The van der Waals surface area contributed by atoms with Gasteiger partial charge in [0.05, 0.1) is 12.8 Å². The number of ether oxygens (including phenoxy) is 1. The van der Waals surface area contributed by atoms with Crippen molar-refractivity contribution in [2.75, 3.05) is 17.9 Å². The maximum atomic E-state index is 6.08. The maximum Gasteiger partial charge on any atom is 0.159 e. The molecule has 0 saturated heterocycles. The third-order valence-electron chi connectivity index (χ3n) is 2.66. The zero-order valence-corrected chi connectivity index (χ0v) is 13.2. The van der Waals surface area contributed by atoms with Gasteiger partial charge in [-0.3, -0.25) is 0 Å². The number of halogens is 2. The second-order valence-electron chi connectivity index (χ2n) is 3.96. The standard InChI is InChI=1S/C12H13BrClN5O/c1-6-3-8(9(20-2)4-7(6)14)18-11-10(13)12(19-15)17-5-16-11/h3-5H,15H2,1-2H3,(H2,16,17,18,19). The largest absolute Gasteiger partial charge is 0.495 e. The predicted molar refractivity (Wildman–Crippen MR) is 83.6 cm³/mol. The van der Waals surface area contributed by atoms with Crippen molar-refractivity contribution in [2.45, 2.75) is 6.92 Å². The highest BCUT2D eigenvalue weighted by molar-refractivity contribution is 9.10. The molecule has 106 valence electrons. The molecule has 2 aromatic rings. The van der Waals surface area contributed by atoms with Gasteiger partial charge in [-0.15, -0.1) is 0 Å². The number of nitrogens with zero attached hydrogens (tertiary/aromatic N) is 2. The van der Waals surface area contributed by atoms with Crippen molar-refractivity contribution in [3.05, 3.63) is 33.5 Å². The number of nitrogens with one attached hydrogen (secondary N) is 2. The van der Waals surface area contributed by atoms with E-state index in [9.17, 15) is 0 Å². The number of rotatable bonds is 4. The number of nitrogen functional groups attached to an aromatic ring is 1. The van der Waals surface area contributed by atoms with Crippen LogP contribution in [0.3, 0.4) is 0 Å². The average Bonchev–Trinajstić information content (AvgIpc) is 2.44. The fraction of sp³-hybridized carbons (Fsp3) is 0.167. The van der Waals surface area contributed by atoms with E-state index < -0.39 is 0 Å². The van der Waals surface area contributed by atoms with Crippen LogP contribution in [0, 0.1) is 6.92 Å². The van der Waals surface area contributed by atoms with E-state index in [1.807, 2.05) is 13.0 Å². The summed E-state index contributed by atoms with van der Waals surface area (Å²) in [6.45, 7) is 1.91. The van der Waals surface area contributed by atoms with Crippen molar-refractivity contribution in [1.82, 2.24) is 9.97 Å². The van der Waals surface area contributed by atoms with E-state index in [1.165, 1.54) is 6.33 Å². The van der Waals surface area contributed by atoms with Crippen molar-refractivity contribution in [3.63, 3.8) is 0 Å². The SMILES string of the molecule is COc1cc(Cl)c(C)cc1Nc1ncnc(NN)c1Br. The predicted octanol–water partition coefficient (Wildman–Crippen LogP) is 3.24. The normalized spacial score (nSPS) is 10.2. The van der Waals surface area contributed by atoms with Crippen LogP contribution in [-0.4, -0.2) is 17.1 Å². The second-order valence-corrected chi connectivity index (χ2v) is 5.16. The fourth-order valence-corrected chi connectivity index (χ4v) is 2.19. The first kappa shape index (κ1) is 14.8. The lowest BCUT2D eigenvalue weighted by Gasteiger charge is -2.14. The van der Waals surface area contributed by atoms with Gasteiger partial charge in [0.2, 0.25) is 0 Å². The smallest absolute Gasteiger partial charge is 0.159 e. The molecule has 2 rings (SSSR count). The molecule has 4 N–H and O–H groups in total. The topological polar surface area (TPSA) is 85.1 Å². The zero-order chi connectivity index (χ0) is 14.7. The molecule has 0 amide bonds. The molecule has 0 aliphatic rings. The van der Waals surface area contributed by atoms with E-state index in [0.29, 0.717) is 26.9 Å². The lowest BCUT2D eigenvalue weighted by molar-refractivity contribution is 0.416. The molecule has 6 nitrogen and oxygen atoms in total. The van der Waals surface area contributed by atoms with Crippen LogP contribution in [0.15, 0.2) is 22.9 Å². The summed E-state index contributed by atoms with van der Waals surface area (Å²) in [5.41, 5.74) is 4.16. The Morgan fingerprint density at radius 1 is 1.30 bits per heavy atom. The molecule has 1 aromatic heterocycles. The molecule has 0 saturated carbocycles. The van der Waals surface area contributed by atoms with E-state index in [1.54, 1.807) is 13.2 Å². The summed E-state index contributed by atoms with van der Waals surface area (Å²) in [5, 5.41) is 3.79. The van der Waals surface area contributed by atoms with Crippen LogP contribution in [0.5, 0.6) is 5.75 Å².